The molecule has 25 heavy (non-hydrogen) atoms. The Balaban J connectivity index is 0.00000109. The van der Waals surface area contributed by atoms with E-state index in [1.165, 1.54) is 14.0 Å². The maximum atomic E-state index is 13.0. The molecule has 0 saturated carbocycles. The molecule has 0 saturated heterocycles. The monoisotopic (exact) mass is 361 g/mol. The molecule has 0 bridgehead atoms. The Morgan fingerprint density at radius 1 is 0.960 bits per heavy atom. The lowest BCUT2D eigenvalue weighted by Gasteiger charge is -2.25. The van der Waals surface area contributed by atoms with E-state index >= 15 is 0 Å². The molecule has 2 aromatic rings. The van der Waals surface area contributed by atoms with Crippen molar-refractivity contribution < 1.29 is 17.9 Å². The molecule has 0 radical (unpaired) electrons. The summed E-state index contributed by atoms with van der Waals surface area (Å²) in [6.07, 6.45) is 0.153. The third kappa shape index (κ3) is 3.45. The first kappa shape index (κ1) is 19.1. The number of benzene rings is 2. The molecule has 1 aliphatic heterocycles. The summed E-state index contributed by atoms with van der Waals surface area (Å²) >= 11 is 0. The van der Waals surface area contributed by atoms with E-state index in [1.54, 1.807) is 12.1 Å². The van der Waals surface area contributed by atoms with E-state index in [1.807, 2.05) is 32.9 Å². The van der Waals surface area contributed by atoms with Gasteiger partial charge in [-0.2, -0.15) is 0 Å². The Morgan fingerprint density at radius 2 is 1.48 bits per heavy atom. The van der Waals surface area contributed by atoms with Gasteiger partial charge in [-0.25, -0.2) is 8.42 Å². The number of sulfone groups is 1. The number of fused-ring (bicyclic) bond motifs is 2. The van der Waals surface area contributed by atoms with Crippen LogP contribution in [0.3, 0.4) is 0 Å². The van der Waals surface area contributed by atoms with E-state index < -0.39 is 9.84 Å². The smallest absolute Gasteiger partial charge is 0.213 e. The van der Waals surface area contributed by atoms with E-state index in [-0.39, 0.29) is 27.7 Å². The number of ether oxygens (including phenoxy) is 1. The fourth-order valence-electron chi connectivity index (χ4n) is 2.99. The number of nitrogens with two attached hydrogens (primary N) is 1. The van der Waals surface area contributed by atoms with Crippen LogP contribution in [-0.2, 0) is 21.1 Å². The fourth-order valence-corrected chi connectivity index (χ4v) is 4.78. The topological polar surface area (TPSA) is 86.5 Å². The number of hydrogen-bond acceptors (Lipinski definition) is 5. The molecule has 6 heteroatoms. The van der Waals surface area contributed by atoms with Gasteiger partial charge in [-0.1, -0.05) is 12.1 Å². The van der Waals surface area contributed by atoms with Crippen molar-refractivity contribution in [2.45, 2.75) is 43.9 Å². The zero-order chi connectivity index (χ0) is 18.9. The minimum atomic E-state index is -3.66. The van der Waals surface area contributed by atoms with Gasteiger partial charge in [0, 0.05) is 12.0 Å². The average Bonchev–Trinajstić information content (AvgIpc) is 2.51. The highest BCUT2D eigenvalue weighted by molar-refractivity contribution is 7.91. The molecule has 0 spiro atoms. The average molecular weight is 361 g/mol. The summed E-state index contributed by atoms with van der Waals surface area (Å²) in [5.41, 5.74) is 7.54. The maximum absolute atomic E-state index is 13.0. The van der Waals surface area contributed by atoms with Crippen LogP contribution in [0, 0.1) is 20.8 Å². The van der Waals surface area contributed by atoms with E-state index in [0.29, 0.717) is 11.3 Å². The normalized spacial score (nSPS) is 13.7. The Bertz CT molecular complexity index is 946. The molecule has 0 unspecified atom stereocenters. The van der Waals surface area contributed by atoms with E-state index in [9.17, 15) is 13.2 Å². The first-order valence-corrected chi connectivity index (χ1v) is 9.43. The highest BCUT2D eigenvalue weighted by Crippen LogP contribution is 2.46. The first-order valence-electron chi connectivity index (χ1n) is 7.95. The lowest BCUT2D eigenvalue weighted by atomic mass is 10.0. The van der Waals surface area contributed by atoms with Gasteiger partial charge in [0.1, 0.15) is 27.1 Å². The molecule has 0 aliphatic carbocycles. The fraction of sp³-hybridized carbons (Fsp3) is 0.316. The Hall–Kier alpha value is -2.18. The molecule has 1 aliphatic rings. The van der Waals surface area contributed by atoms with E-state index in [4.69, 9.17) is 4.74 Å². The maximum Gasteiger partial charge on any atom is 0.213 e. The molecule has 2 N–H and O–H groups in total. The zero-order valence-electron chi connectivity index (χ0n) is 15.1. The summed E-state index contributed by atoms with van der Waals surface area (Å²) in [6.45, 7) is 6.98. The van der Waals surface area contributed by atoms with Crippen LogP contribution < -0.4 is 10.5 Å². The summed E-state index contributed by atoms with van der Waals surface area (Å²) in [5.74, 6) is 0.604. The largest absolute Gasteiger partial charge is 0.454 e. The third-order valence-corrected chi connectivity index (χ3v) is 5.65. The predicted octanol–water partition coefficient (Wildman–Crippen LogP) is 3.26. The van der Waals surface area contributed by atoms with Crippen molar-refractivity contribution in [1.29, 1.82) is 0 Å². The highest BCUT2D eigenvalue weighted by atomic mass is 32.2. The molecule has 0 amide bonds. The van der Waals surface area contributed by atoms with Gasteiger partial charge in [0.05, 0.1) is 0 Å². The van der Waals surface area contributed by atoms with Crippen LogP contribution in [0.25, 0.3) is 0 Å². The van der Waals surface area contributed by atoms with Gasteiger partial charge in [-0.05, 0) is 63.6 Å². The molecule has 0 aromatic heterocycles. The molecule has 5 nitrogen and oxygen atoms in total. The first-order chi connectivity index (χ1) is 11.7. The quantitative estimate of drug-likeness (QED) is 0.757. The number of hydrogen-bond donors (Lipinski definition) is 1. The van der Waals surface area contributed by atoms with Crippen LogP contribution in [-0.4, -0.2) is 21.2 Å². The van der Waals surface area contributed by atoms with Gasteiger partial charge in [0.25, 0.3) is 0 Å². The SMILES string of the molecule is CC(=O)Cc1cc(C)cc2c1Oc1c(C)cc(C)cc1S2(=O)=O.CN. The summed E-state index contributed by atoms with van der Waals surface area (Å²) in [6, 6.07) is 6.94. The third-order valence-electron chi connectivity index (χ3n) is 3.88. The predicted molar refractivity (Wildman–Crippen MR) is 97.1 cm³/mol. The Labute approximate surface area is 148 Å². The zero-order valence-corrected chi connectivity index (χ0v) is 16.0. The van der Waals surface area contributed by atoms with Gasteiger partial charge in [0.15, 0.2) is 0 Å². The highest BCUT2D eigenvalue weighted by Gasteiger charge is 2.34. The standard InChI is InChI=1S/C18H18O4S.CH5N/c1-10-5-12(3)17-15(7-10)23(20,21)16-8-11(2)6-14(9-13(4)19)18(16)22-17;1-2/h5-8H,9H2,1-4H3;2H2,1H3. The second-order valence-electron chi connectivity index (χ2n) is 6.14. The summed E-state index contributed by atoms with van der Waals surface area (Å²) in [4.78, 5) is 11.9. The van der Waals surface area contributed by atoms with Crippen molar-refractivity contribution in [3.8, 4) is 11.5 Å². The molecule has 1 heterocycles. The van der Waals surface area contributed by atoms with Crippen LogP contribution in [0.4, 0.5) is 0 Å². The van der Waals surface area contributed by atoms with Crippen molar-refractivity contribution in [3.05, 3.63) is 46.5 Å². The minimum absolute atomic E-state index is 0.0368. The lowest BCUT2D eigenvalue weighted by Crippen LogP contribution is -2.15. The number of rotatable bonds is 2. The van der Waals surface area contributed by atoms with Gasteiger partial charge < -0.3 is 10.5 Å². The van der Waals surface area contributed by atoms with Crippen molar-refractivity contribution in [1.82, 2.24) is 0 Å². The van der Waals surface area contributed by atoms with Gasteiger partial charge in [0.2, 0.25) is 9.84 Å². The van der Waals surface area contributed by atoms with E-state index in [0.717, 1.165) is 16.7 Å². The summed E-state index contributed by atoms with van der Waals surface area (Å²) in [5, 5.41) is 0. The van der Waals surface area contributed by atoms with Gasteiger partial charge >= 0.3 is 0 Å². The molecular formula is C19H23NO4S. The second-order valence-corrected chi connectivity index (χ2v) is 8.03. The molecule has 2 aromatic carbocycles. The van der Waals surface area contributed by atoms with Gasteiger partial charge in [-0.3, -0.25) is 4.79 Å². The van der Waals surface area contributed by atoms with Gasteiger partial charge in [-0.15, -0.1) is 0 Å². The number of ketones is 1. The second kappa shape index (κ2) is 6.98. The van der Waals surface area contributed by atoms with Crippen LogP contribution in [0.15, 0.2) is 34.1 Å². The van der Waals surface area contributed by atoms with Crippen molar-refractivity contribution >= 4 is 15.6 Å². The molecule has 0 fully saturated rings. The molecule has 3 rings (SSSR count). The molecular weight excluding hydrogens is 338 g/mol. The summed E-state index contributed by atoms with van der Waals surface area (Å²) < 4.78 is 32.0. The van der Waals surface area contributed by atoms with Crippen LogP contribution in [0.5, 0.6) is 11.5 Å². The number of carbonyl (C=O) groups excluding carboxylic acids is 1. The Morgan fingerprint density at radius 3 is 2.04 bits per heavy atom. The number of carbonyl (C=O) groups is 1. The van der Waals surface area contributed by atoms with E-state index in [2.05, 4.69) is 5.73 Å². The Kier molecular flexibility index (Phi) is 5.34. The van der Waals surface area contributed by atoms with Crippen molar-refractivity contribution in [2.75, 3.05) is 7.05 Å². The number of aryl methyl sites for hydroxylation is 3. The van der Waals surface area contributed by atoms with Crippen molar-refractivity contribution in [2.24, 2.45) is 5.73 Å². The van der Waals surface area contributed by atoms with Crippen molar-refractivity contribution in [3.63, 3.8) is 0 Å². The van der Waals surface area contributed by atoms with Crippen LogP contribution in [0.1, 0.15) is 29.2 Å². The minimum Gasteiger partial charge on any atom is -0.454 e. The summed E-state index contributed by atoms with van der Waals surface area (Å²) in [7, 11) is -2.16. The van der Waals surface area contributed by atoms with Crippen LogP contribution >= 0.6 is 0 Å². The number of Topliss-reactive ketones (excluding diaryl/α,β-unsaturated/α-hetero) is 1. The van der Waals surface area contributed by atoms with Crippen LogP contribution in [0.2, 0.25) is 0 Å². The molecule has 134 valence electrons. The lowest BCUT2D eigenvalue weighted by molar-refractivity contribution is -0.116. The molecule has 0 atom stereocenters.